The molecule has 0 aromatic heterocycles. The number of ether oxygens (including phenoxy) is 2. The van der Waals surface area contributed by atoms with Crippen LogP contribution >= 0.6 is 0 Å². The second-order valence-electron chi connectivity index (χ2n) is 9.29. The number of primary amides is 2. The van der Waals surface area contributed by atoms with Gasteiger partial charge in [0.2, 0.25) is 0 Å². The van der Waals surface area contributed by atoms with Gasteiger partial charge in [0.25, 0.3) is 11.8 Å². The van der Waals surface area contributed by atoms with Crippen LogP contribution in [-0.4, -0.2) is 99.4 Å². The number of benzene rings is 2. The maximum Gasteiger partial charge on any atom is 0.409 e. The molecule has 0 atom stereocenters. The Balaban J connectivity index is 1.12. The summed E-state index contributed by atoms with van der Waals surface area (Å²) in [6.07, 6.45) is -0.455. The van der Waals surface area contributed by atoms with Gasteiger partial charge in [0.05, 0.1) is 24.3 Å². The highest BCUT2D eigenvalue weighted by Gasteiger charge is 2.26. The number of nitrogens with two attached hydrogens (primary N) is 2. The maximum absolute atomic E-state index is 12.4. The van der Waals surface area contributed by atoms with Crippen molar-refractivity contribution < 1.29 is 28.7 Å². The summed E-state index contributed by atoms with van der Waals surface area (Å²) < 4.78 is 10.7. The molecule has 4 rings (SSSR count). The molecule has 208 valence electrons. The van der Waals surface area contributed by atoms with Crippen LogP contribution in [0.25, 0.3) is 0 Å². The molecule has 0 radical (unpaired) electrons. The van der Waals surface area contributed by atoms with Crippen molar-refractivity contribution in [2.24, 2.45) is 11.5 Å². The minimum absolute atomic E-state index is 0.133. The molecule has 4 amide bonds. The lowest BCUT2D eigenvalue weighted by Gasteiger charge is -2.36. The number of carbonyl (C=O) groups excluding carboxylic acids is 4. The van der Waals surface area contributed by atoms with Crippen molar-refractivity contribution in [3.63, 3.8) is 0 Å². The first kappa shape index (κ1) is 27.6. The minimum atomic E-state index is -0.485. The molecule has 39 heavy (non-hydrogen) atoms. The lowest BCUT2D eigenvalue weighted by atomic mass is 10.1. The number of para-hydroxylation sites is 2. The van der Waals surface area contributed by atoms with Crippen molar-refractivity contribution >= 4 is 35.4 Å². The number of hydrogen-bond acceptors (Lipinski definition) is 8. The van der Waals surface area contributed by atoms with E-state index >= 15 is 0 Å². The molecule has 0 aliphatic carbocycles. The predicted octanol–water partition coefficient (Wildman–Crippen LogP) is 1.49. The first-order valence-electron chi connectivity index (χ1n) is 13.0. The quantitative estimate of drug-likeness (QED) is 0.480. The molecule has 2 aromatic rings. The van der Waals surface area contributed by atoms with E-state index in [1.165, 1.54) is 0 Å². The Kier molecular flexibility index (Phi) is 9.08. The SMILES string of the molecule is NC(=O)c1ccccc1N1CCN(C(=O)OCCCOC(=O)N2CCN(c3ccccc3C(N)=O)CC2)CC1. The van der Waals surface area contributed by atoms with E-state index in [0.29, 0.717) is 69.9 Å². The second-order valence-corrected chi connectivity index (χ2v) is 9.29. The molecule has 12 nitrogen and oxygen atoms in total. The maximum atomic E-state index is 12.4. The Hall–Kier alpha value is -4.48. The van der Waals surface area contributed by atoms with Crippen LogP contribution in [0.2, 0.25) is 0 Å². The number of piperazine rings is 2. The van der Waals surface area contributed by atoms with Crippen LogP contribution in [0, 0.1) is 0 Å². The molecule has 0 saturated carbocycles. The molecule has 2 aliphatic heterocycles. The van der Waals surface area contributed by atoms with E-state index in [4.69, 9.17) is 20.9 Å². The molecule has 2 saturated heterocycles. The average Bonchev–Trinajstić information content (AvgIpc) is 2.97. The van der Waals surface area contributed by atoms with Crippen LogP contribution in [0.4, 0.5) is 21.0 Å². The number of amides is 4. The van der Waals surface area contributed by atoms with E-state index in [1.54, 1.807) is 34.1 Å². The van der Waals surface area contributed by atoms with Crippen LogP contribution in [0.1, 0.15) is 27.1 Å². The van der Waals surface area contributed by atoms with Crippen LogP contribution in [0.3, 0.4) is 0 Å². The predicted molar refractivity (Wildman–Crippen MR) is 145 cm³/mol. The molecule has 4 N–H and O–H groups in total. The van der Waals surface area contributed by atoms with Crippen LogP contribution in [-0.2, 0) is 9.47 Å². The Morgan fingerprint density at radius 2 is 0.949 bits per heavy atom. The first-order chi connectivity index (χ1) is 18.8. The summed E-state index contributed by atoms with van der Waals surface area (Å²) in [6.45, 7) is 4.30. The number of hydrogen-bond donors (Lipinski definition) is 2. The zero-order valence-corrected chi connectivity index (χ0v) is 21.8. The van der Waals surface area contributed by atoms with Crippen molar-refractivity contribution in [3.8, 4) is 0 Å². The molecule has 12 heteroatoms. The Bertz CT molecular complexity index is 1100. The van der Waals surface area contributed by atoms with Gasteiger partial charge in [-0.3, -0.25) is 9.59 Å². The summed E-state index contributed by atoms with van der Waals surface area (Å²) in [4.78, 5) is 55.6. The third-order valence-electron chi connectivity index (χ3n) is 6.84. The summed E-state index contributed by atoms with van der Waals surface area (Å²) >= 11 is 0. The van der Waals surface area contributed by atoms with Crippen molar-refractivity contribution in [2.45, 2.75) is 6.42 Å². The molecule has 2 aliphatic rings. The van der Waals surface area contributed by atoms with Crippen molar-refractivity contribution in [2.75, 3.05) is 75.4 Å². The lowest BCUT2D eigenvalue weighted by molar-refractivity contribution is 0.0774. The fourth-order valence-corrected chi connectivity index (χ4v) is 4.74. The first-order valence-corrected chi connectivity index (χ1v) is 13.0. The molecule has 2 aromatic carbocycles. The summed E-state index contributed by atoms with van der Waals surface area (Å²) in [5.74, 6) is -0.970. The molecule has 2 fully saturated rings. The molecule has 0 spiro atoms. The van der Waals surface area contributed by atoms with Crippen molar-refractivity contribution in [3.05, 3.63) is 59.7 Å². The molecule has 2 heterocycles. The monoisotopic (exact) mass is 538 g/mol. The molecular weight excluding hydrogens is 504 g/mol. The second kappa shape index (κ2) is 12.9. The van der Waals surface area contributed by atoms with Gasteiger partial charge in [-0.2, -0.15) is 0 Å². The summed E-state index contributed by atoms with van der Waals surface area (Å²) in [5, 5.41) is 0. The summed E-state index contributed by atoms with van der Waals surface area (Å²) in [7, 11) is 0. The van der Waals surface area contributed by atoms with Crippen LogP contribution < -0.4 is 21.3 Å². The molecule has 0 unspecified atom stereocenters. The largest absolute Gasteiger partial charge is 0.449 e. The van der Waals surface area contributed by atoms with Crippen LogP contribution in [0.15, 0.2) is 48.5 Å². The number of carbonyl (C=O) groups is 4. The van der Waals surface area contributed by atoms with E-state index in [2.05, 4.69) is 0 Å². The molecular formula is C27H34N6O6. The van der Waals surface area contributed by atoms with Crippen LogP contribution in [0.5, 0.6) is 0 Å². The smallest absolute Gasteiger partial charge is 0.409 e. The highest BCUT2D eigenvalue weighted by Crippen LogP contribution is 2.23. The van der Waals surface area contributed by atoms with E-state index in [-0.39, 0.29) is 13.2 Å². The van der Waals surface area contributed by atoms with E-state index in [9.17, 15) is 19.2 Å². The highest BCUT2D eigenvalue weighted by atomic mass is 16.6. The fourth-order valence-electron chi connectivity index (χ4n) is 4.74. The number of rotatable bonds is 8. The van der Waals surface area contributed by atoms with E-state index < -0.39 is 24.0 Å². The number of anilines is 2. The topological polar surface area (TPSA) is 152 Å². The normalized spacial score (nSPS) is 15.6. The van der Waals surface area contributed by atoms with Gasteiger partial charge in [0.1, 0.15) is 0 Å². The Morgan fingerprint density at radius 3 is 1.31 bits per heavy atom. The van der Waals surface area contributed by atoms with Gasteiger partial charge in [-0.15, -0.1) is 0 Å². The number of nitrogens with zero attached hydrogens (tertiary/aromatic N) is 4. The lowest BCUT2D eigenvalue weighted by Crippen LogP contribution is -2.49. The van der Waals surface area contributed by atoms with Gasteiger partial charge >= 0.3 is 12.2 Å². The van der Waals surface area contributed by atoms with Gasteiger partial charge in [0.15, 0.2) is 0 Å². The average molecular weight is 539 g/mol. The highest BCUT2D eigenvalue weighted by molar-refractivity contribution is 5.99. The minimum Gasteiger partial charge on any atom is -0.449 e. The fraction of sp³-hybridized carbons (Fsp3) is 0.407. The van der Waals surface area contributed by atoms with Gasteiger partial charge in [-0.1, -0.05) is 24.3 Å². The van der Waals surface area contributed by atoms with Gasteiger partial charge in [-0.05, 0) is 24.3 Å². The van der Waals surface area contributed by atoms with Gasteiger partial charge < -0.3 is 40.5 Å². The third-order valence-corrected chi connectivity index (χ3v) is 6.84. The van der Waals surface area contributed by atoms with E-state index in [0.717, 1.165) is 11.4 Å². The van der Waals surface area contributed by atoms with Gasteiger partial charge in [-0.25, -0.2) is 9.59 Å². The molecule has 0 bridgehead atoms. The van der Waals surface area contributed by atoms with Crippen molar-refractivity contribution in [1.82, 2.24) is 9.80 Å². The van der Waals surface area contributed by atoms with Gasteiger partial charge in [0, 0.05) is 70.2 Å². The standard InChI is InChI=1S/C27H34N6O6/c28-24(34)20-6-1-3-8-22(20)30-10-14-32(15-11-30)26(36)38-18-5-19-39-27(37)33-16-12-31(13-17-33)23-9-4-2-7-21(23)25(29)35/h1-4,6-9H,5,10-19H2,(H2,28,34)(H2,29,35). The zero-order valence-electron chi connectivity index (χ0n) is 21.8. The summed E-state index contributed by atoms with van der Waals surface area (Å²) in [6, 6.07) is 14.3. The Morgan fingerprint density at radius 1 is 0.590 bits per heavy atom. The van der Waals surface area contributed by atoms with Crippen molar-refractivity contribution in [1.29, 1.82) is 0 Å². The van der Waals surface area contributed by atoms with E-state index in [1.807, 2.05) is 34.1 Å². The summed E-state index contributed by atoms with van der Waals surface area (Å²) in [5.41, 5.74) is 13.4. The zero-order chi connectivity index (χ0) is 27.8. The Labute approximate surface area is 227 Å². The third kappa shape index (κ3) is 6.89.